The van der Waals surface area contributed by atoms with Crippen LogP contribution in [-0.4, -0.2) is 24.5 Å². The minimum absolute atomic E-state index is 0.218. The van der Waals surface area contributed by atoms with Crippen LogP contribution in [0, 0.1) is 13.8 Å². The van der Waals surface area contributed by atoms with Gasteiger partial charge in [0.2, 0.25) is 0 Å². The van der Waals surface area contributed by atoms with Crippen LogP contribution in [0.4, 0.5) is 0 Å². The predicted molar refractivity (Wildman–Crippen MR) is 172 cm³/mol. The van der Waals surface area contributed by atoms with Gasteiger partial charge in [-0.05, 0) is 77.9 Å². The average molecular weight is 566 g/mol. The summed E-state index contributed by atoms with van der Waals surface area (Å²) in [6.45, 7) is 6.68. The maximum absolute atomic E-state index is 7.41. The Morgan fingerprint density at radius 1 is 0.738 bits per heavy atom. The molecule has 0 spiro atoms. The van der Waals surface area contributed by atoms with Crippen LogP contribution in [0.25, 0.3) is 28.0 Å². The van der Waals surface area contributed by atoms with Crippen molar-refractivity contribution in [1.29, 1.82) is 0 Å². The van der Waals surface area contributed by atoms with Gasteiger partial charge in [-0.2, -0.15) is 0 Å². The van der Waals surface area contributed by atoms with Gasteiger partial charge in [-0.3, -0.25) is 0 Å². The summed E-state index contributed by atoms with van der Waals surface area (Å²) in [5.41, 5.74) is 9.91. The summed E-state index contributed by atoms with van der Waals surface area (Å²) in [5, 5.41) is 2.35. The van der Waals surface area contributed by atoms with Crippen LogP contribution in [0.5, 0.6) is 17.2 Å². The standard InChI is InChI=1S/C38H33O3Si/c1-23-6-16-29-32(20-23)36-31(35-34(29)30-17-7-24(2)21-33(30)37(35,3)22-42)18-19-38(41-36,25-8-12-27(39-4)13-9-25)26-10-14-28(40-5)15-11-26/h6-21H,22H2,1-5H3. The lowest BCUT2D eigenvalue weighted by Crippen LogP contribution is -2.35. The molecule has 207 valence electrons. The van der Waals surface area contributed by atoms with Crippen molar-refractivity contribution in [2.75, 3.05) is 14.2 Å². The van der Waals surface area contributed by atoms with E-state index in [4.69, 9.17) is 14.2 Å². The van der Waals surface area contributed by atoms with Crippen molar-refractivity contribution in [2.45, 2.75) is 37.8 Å². The molecule has 0 fully saturated rings. The maximum atomic E-state index is 7.41. The Kier molecular flexibility index (Phi) is 6.10. The van der Waals surface area contributed by atoms with Gasteiger partial charge in [-0.25, -0.2) is 0 Å². The molecular weight excluding hydrogens is 533 g/mol. The van der Waals surface area contributed by atoms with Crippen LogP contribution in [0.1, 0.15) is 45.9 Å². The van der Waals surface area contributed by atoms with E-state index in [0.29, 0.717) is 0 Å². The second-order valence-electron chi connectivity index (χ2n) is 11.7. The van der Waals surface area contributed by atoms with E-state index in [-0.39, 0.29) is 5.41 Å². The van der Waals surface area contributed by atoms with Gasteiger partial charge in [0.1, 0.15) is 17.2 Å². The zero-order valence-corrected chi connectivity index (χ0v) is 25.7. The summed E-state index contributed by atoms with van der Waals surface area (Å²) >= 11 is 0. The van der Waals surface area contributed by atoms with Crippen LogP contribution in [0.2, 0.25) is 6.04 Å². The van der Waals surface area contributed by atoms with Crippen LogP contribution in [-0.2, 0) is 11.0 Å². The van der Waals surface area contributed by atoms with Gasteiger partial charge in [0.25, 0.3) is 0 Å². The summed E-state index contributed by atoms with van der Waals surface area (Å²) in [7, 11) is 7.38. The van der Waals surface area contributed by atoms with E-state index in [1.807, 2.05) is 24.3 Å². The molecule has 3 radical (unpaired) electrons. The Hall–Kier alpha value is -4.28. The maximum Gasteiger partial charge on any atom is 0.178 e. The topological polar surface area (TPSA) is 27.7 Å². The number of ether oxygens (including phenoxy) is 3. The summed E-state index contributed by atoms with van der Waals surface area (Å²) in [6, 6.07) is 30.8. The normalized spacial score (nSPS) is 17.8. The number of methoxy groups -OCH3 is 2. The molecule has 5 aromatic rings. The van der Waals surface area contributed by atoms with Gasteiger partial charge in [0.05, 0.1) is 14.2 Å². The summed E-state index contributed by atoms with van der Waals surface area (Å²) < 4.78 is 18.4. The molecule has 0 aromatic heterocycles. The number of rotatable bonds is 5. The molecule has 1 unspecified atom stereocenters. The van der Waals surface area contributed by atoms with Gasteiger partial charge in [0.15, 0.2) is 5.60 Å². The van der Waals surface area contributed by atoms with Crippen molar-refractivity contribution in [1.82, 2.24) is 0 Å². The Morgan fingerprint density at radius 3 is 1.93 bits per heavy atom. The van der Waals surface area contributed by atoms with Crippen molar-refractivity contribution < 1.29 is 14.2 Å². The molecule has 4 heteroatoms. The summed E-state index contributed by atoms with van der Waals surface area (Å²) in [5.74, 6) is 2.53. The van der Waals surface area contributed by atoms with Crippen LogP contribution >= 0.6 is 0 Å². The van der Waals surface area contributed by atoms with Crippen molar-refractivity contribution in [3.63, 3.8) is 0 Å². The van der Waals surface area contributed by atoms with Crippen LogP contribution < -0.4 is 14.2 Å². The first kappa shape index (κ1) is 26.6. The van der Waals surface area contributed by atoms with Crippen molar-refractivity contribution in [3.05, 3.63) is 130 Å². The number of benzene rings is 5. The third-order valence-electron chi connectivity index (χ3n) is 9.18. The molecule has 1 atom stereocenters. The summed E-state index contributed by atoms with van der Waals surface area (Å²) in [6.07, 6.45) is 4.52. The highest BCUT2D eigenvalue weighted by Crippen LogP contribution is 2.59. The third-order valence-corrected chi connectivity index (χ3v) is 9.89. The SMILES string of the molecule is COc1ccc(C2(c3ccc(OC)cc3)C=Cc3c4c(c5ccc(C)cc5c3O2)-c2ccc(C)cc2C4(C)C[Si])cc1. The molecule has 0 saturated carbocycles. The fraction of sp³-hybridized carbons (Fsp3) is 0.211. The highest BCUT2D eigenvalue weighted by atomic mass is 28.1. The molecule has 0 N–H and O–H groups in total. The van der Waals surface area contributed by atoms with E-state index < -0.39 is 5.60 Å². The Balaban J connectivity index is 1.55. The molecule has 1 aliphatic heterocycles. The molecule has 5 aromatic carbocycles. The smallest absolute Gasteiger partial charge is 0.178 e. The van der Waals surface area contributed by atoms with Gasteiger partial charge < -0.3 is 14.2 Å². The van der Waals surface area contributed by atoms with Crippen molar-refractivity contribution in [3.8, 4) is 28.4 Å². The minimum Gasteiger partial charge on any atom is -0.497 e. The largest absolute Gasteiger partial charge is 0.497 e. The first-order valence-corrected chi connectivity index (χ1v) is 15.1. The quantitative estimate of drug-likeness (QED) is 0.200. The van der Waals surface area contributed by atoms with E-state index in [9.17, 15) is 0 Å². The molecule has 0 saturated heterocycles. The second kappa shape index (κ2) is 9.64. The van der Waals surface area contributed by atoms with Gasteiger partial charge in [0, 0.05) is 37.7 Å². The molecule has 7 rings (SSSR count). The molecular formula is C38H33O3Si. The zero-order valence-electron chi connectivity index (χ0n) is 24.7. The Labute approximate surface area is 251 Å². The van der Waals surface area contributed by atoms with Gasteiger partial charge in [-0.15, -0.1) is 0 Å². The predicted octanol–water partition coefficient (Wildman–Crippen LogP) is 8.70. The Bertz CT molecular complexity index is 1840. The highest BCUT2D eigenvalue weighted by Gasteiger charge is 2.45. The first-order valence-electron chi connectivity index (χ1n) is 14.4. The average Bonchev–Trinajstić information content (AvgIpc) is 3.29. The molecule has 0 bridgehead atoms. The van der Waals surface area contributed by atoms with Crippen molar-refractivity contribution >= 4 is 27.1 Å². The first-order chi connectivity index (χ1) is 20.3. The summed E-state index contributed by atoms with van der Waals surface area (Å²) in [4.78, 5) is 0. The molecule has 1 aliphatic carbocycles. The Morgan fingerprint density at radius 2 is 1.33 bits per heavy atom. The fourth-order valence-corrected chi connectivity index (χ4v) is 7.28. The lowest BCUT2D eigenvalue weighted by atomic mass is 9.76. The molecule has 0 amide bonds. The number of fused-ring (bicyclic) bond motifs is 8. The van der Waals surface area contributed by atoms with E-state index in [2.05, 4.69) is 104 Å². The fourth-order valence-electron chi connectivity index (χ4n) is 6.91. The number of hydrogen-bond donors (Lipinski definition) is 0. The monoisotopic (exact) mass is 565 g/mol. The molecule has 1 heterocycles. The van der Waals surface area contributed by atoms with Crippen molar-refractivity contribution in [2.24, 2.45) is 0 Å². The molecule has 3 nitrogen and oxygen atoms in total. The lowest BCUT2D eigenvalue weighted by molar-refractivity contribution is 0.163. The number of aryl methyl sites for hydroxylation is 2. The molecule has 2 aliphatic rings. The lowest BCUT2D eigenvalue weighted by Gasteiger charge is -2.39. The second-order valence-corrected chi connectivity index (χ2v) is 12.1. The third kappa shape index (κ3) is 3.71. The number of hydrogen-bond acceptors (Lipinski definition) is 3. The van der Waals surface area contributed by atoms with Crippen LogP contribution in [0.3, 0.4) is 0 Å². The van der Waals surface area contributed by atoms with E-state index in [0.717, 1.165) is 45.4 Å². The minimum atomic E-state index is -0.844. The van der Waals surface area contributed by atoms with E-state index >= 15 is 0 Å². The highest BCUT2D eigenvalue weighted by molar-refractivity contribution is 6.13. The van der Waals surface area contributed by atoms with E-state index in [1.165, 1.54) is 38.8 Å². The molecule has 42 heavy (non-hydrogen) atoms. The van der Waals surface area contributed by atoms with Gasteiger partial charge in [-0.1, -0.05) is 84.8 Å². The zero-order chi connectivity index (χ0) is 29.2. The van der Waals surface area contributed by atoms with Crippen LogP contribution in [0.15, 0.2) is 91.0 Å². The van der Waals surface area contributed by atoms with Gasteiger partial charge >= 0.3 is 0 Å². The van der Waals surface area contributed by atoms with E-state index in [1.54, 1.807) is 14.2 Å².